The highest BCUT2D eigenvalue weighted by atomic mass is 16.2. The van der Waals surface area contributed by atoms with Crippen LogP contribution in [0.25, 0.3) is 11.0 Å². The molecule has 34 heavy (non-hydrogen) atoms. The Kier molecular flexibility index (Phi) is 5.67. The first kappa shape index (κ1) is 21.6. The summed E-state index contributed by atoms with van der Waals surface area (Å²) in [4.78, 5) is 44.2. The first-order valence-corrected chi connectivity index (χ1v) is 11.3. The van der Waals surface area contributed by atoms with E-state index in [2.05, 4.69) is 22.0 Å². The van der Waals surface area contributed by atoms with E-state index >= 15 is 0 Å². The number of nitrogens with one attached hydrogen (secondary N) is 1. The van der Waals surface area contributed by atoms with Gasteiger partial charge < -0.3 is 9.88 Å². The summed E-state index contributed by atoms with van der Waals surface area (Å²) in [6, 6.07) is 23.8. The van der Waals surface area contributed by atoms with E-state index in [1.807, 2.05) is 42.5 Å². The van der Waals surface area contributed by atoms with Crippen LogP contribution in [0.1, 0.15) is 39.0 Å². The van der Waals surface area contributed by atoms with Gasteiger partial charge in [-0.2, -0.15) is 0 Å². The van der Waals surface area contributed by atoms with Crippen LogP contribution in [0.4, 0.5) is 0 Å². The molecule has 1 aromatic heterocycles. The van der Waals surface area contributed by atoms with Gasteiger partial charge in [-0.3, -0.25) is 19.3 Å². The van der Waals surface area contributed by atoms with Gasteiger partial charge in [0.15, 0.2) is 0 Å². The molecule has 1 unspecified atom stereocenters. The Morgan fingerprint density at radius 3 is 2.21 bits per heavy atom. The van der Waals surface area contributed by atoms with Crippen LogP contribution in [-0.2, 0) is 24.3 Å². The Balaban J connectivity index is 1.32. The second-order valence-corrected chi connectivity index (χ2v) is 8.32. The van der Waals surface area contributed by atoms with Crippen LogP contribution in [0.2, 0.25) is 0 Å². The SMILES string of the molecule is CC(C(=O)NCc1nc2ccccc2n1CCc1ccccc1)N1C(=O)c2ccccc2C1=O. The van der Waals surface area contributed by atoms with E-state index < -0.39 is 23.8 Å². The van der Waals surface area contributed by atoms with Crippen molar-refractivity contribution >= 4 is 28.8 Å². The van der Waals surface area contributed by atoms with Gasteiger partial charge in [0.1, 0.15) is 11.9 Å². The summed E-state index contributed by atoms with van der Waals surface area (Å²) in [5.41, 5.74) is 3.73. The van der Waals surface area contributed by atoms with Gasteiger partial charge in [0, 0.05) is 6.54 Å². The molecule has 0 saturated carbocycles. The fraction of sp³-hybridized carbons (Fsp3) is 0.185. The largest absolute Gasteiger partial charge is 0.347 e. The zero-order chi connectivity index (χ0) is 23.7. The van der Waals surface area contributed by atoms with Crippen LogP contribution in [0, 0.1) is 0 Å². The lowest BCUT2D eigenvalue weighted by Crippen LogP contribution is -2.47. The molecule has 2 heterocycles. The lowest BCUT2D eigenvalue weighted by atomic mass is 10.1. The molecule has 0 bridgehead atoms. The highest BCUT2D eigenvalue weighted by Gasteiger charge is 2.40. The number of hydrogen-bond donors (Lipinski definition) is 1. The molecule has 170 valence electrons. The second-order valence-electron chi connectivity index (χ2n) is 8.32. The highest BCUT2D eigenvalue weighted by Crippen LogP contribution is 2.24. The molecular weight excluding hydrogens is 428 g/mol. The van der Waals surface area contributed by atoms with Gasteiger partial charge in [-0.15, -0.1) is 0 Å². The van der Waals surface area contributed by atoms with E-state index in [1.165, 1.54) is 5.56 Å². The van der Waals surface area contributed by atoms with Gasteiger partial charge in [0.25, 0.3) is 11.8 Å². The Bertz CT molecular complexity index is 1360. The number of fused-ring (bicyclic) bond motifs is 2. The molecule has 3 aromatic carbocycles. The number of carbonyl (C=O) groups excluding carboxylic acids is 3. The number of rotatable bonds is 7. The van der Waals surface area contributed by atoms with Gasteiger partial charge in [-0.05, 0) is 43.2 Å². The van der Waals surface area contributed by atoms with E-state index in [0.29, 0.717) is 17.7 Å². The fourth-order valence-electron chi connectivity index (χ4n) is 4.39. The third kappa shape index (κ3) is 3.85. The number of para-hydroxylation sites is 2. The summed E-state index contributed by atoms with van der Waals surface area (Å²) in [6.45, 7) is 2.47. The summed E-state index contributed by atoms with van der Waals surface area (Å²) in [5.74, 6) is -0.576. The summed E-state index contributed by atoms with van der Waals surface area (Å²) in [6.07, 6.45) is 0.827. The highest BCUT2D eigenvalue weighted by molar-refractivity contribution is 6.22. The second kappa shape index (κ2) is 8.94. The molecule has 7 heteroatoms. The minimum atomic E-state index is -0.936. The predicted molar refractivity (Wildman–Crippen MR) is 128 cm³/mol. The summed E-state index contributed by atoms with van der Waals surface area (Å²) >= 11 is 0. The molecule has 1 aliphatic heterocycles. The van der Waals surface area contributed by atoms with Gasteiger partial charge in [-0.25, -0.2) is 4.98 Å². The zero-order valence-corrected chi connectivity index (χ0v) is 18.8. The van der Waals surface area contributed by atoms with Crippen molar-refractivity contribution < 1.29 is 14.4 Å². The van der Waals surface area contributed by atoms with Crippen LogP contribution in [0.3, 0.4) is 0 Å². The Labute approximate surface area is 197 Å². The predicted octanol–water partition coefficient (Wildman–Crippen LogP) is 3.58. The van der Waals surface area contributed by atoms with Gasteiger partial charge in [-0.1, -0.05) is 54.6 Å². The van der Waals surface area contributed by atoms with Crippen molar-refractivity contribution in [2.45, 2.75) is 32.5 Å². The molecule has 0 spiro atoms. The normalized spacial score (nSPS) is 13.9. The minimum Gasteiger partial charge on any atom is -0.347 e. The Morgan fingerprint density at radius 2 is 1.50 bits per heavy atom. The number of hydrogen-bond acceptors (Lipinski definition) is 4. The Morgan fingerprint density at radius 1 is 0.882 bits per heavy atom. The molecule has 7 nitrogen and oxygen atoms in total. The standard InChI is InChI=1S/C27H24N4O3/c1-18(31-26(33)20-11-5-6-12-21(20)27(31)34)25(32)28-17-24-29-22-13-7-8-14-23(22)30(24)16-15-19-9-3-2-4-10-19/h2-14,18H,15-17H2,1H3,(H,28,32). The molecule has 1 N–H and O–H groups in total. The van der Waals surface area contributed by atoms with Gasteiger partial charge >= 0.3 is 0 Å². The molecule has 0 fully saturated rings. The van der Waals surface area contributed by atoms with Crippen LogP contribution in [0.5, 0.6) is 0 Å². The van der Waals surface area contributed by atoms with Gasteiger partial charge in [0.05, 0.1) is 28.7 Å². The maximum Gasteiger partial charge on any atom is 0.262 e. The summed E-state index contributed by atoms with van der Waals surface area (Å²) < 4.78 is 2.11. The molecule has 0 saturated heterocycles. The number of benzene rings is 3. The van der Waals surface area contributed by atoms with E-state index in [0.717, 1.165) is 28.2 Å². The van der Waals surface area contributed by atoms with Crippen molar-refractivity contribution in [2.24, 2.45) is 0 Å². The van der Waals surface area contributed by atoms with Crippen molar-refractivity contribution in [3.8, 4) is 0 Å². The minimum absolute atomic E-state index is 0.190. The van der Waals surface area contributed by atoms with Gasteiger partial charge in [0.2, 0.25) is 5.91 Å². The van der Waals surface area contributed by atoms with Crippen molar-refractivity contribution in [2.75, 3.05) is 0 Å². The van der Waals surface area contributed by atoms with Crippen LogP contribution >= 0.6 is 0 Å². The van der Waals surface area contributed by atoms with E-state index in [4.69, 9.17) is 4.98 Å². The zero-order valence-electron chi connectivity index (χ0n) is 18.8. The smallest absolute Gasteiger partial charge is 0.262 e. The number of amides is 3. The molecule has 3 amide bonds. The lowest BCUT2D eigenvalue weighted by Gasteiger charge is -2.21. The molecule has 1 atom stereocenters. The maximum absolute atomic E-state index is 13.0. The summed E-state index contributed by atoms with van der Waals surface area (Å²) in [7, 11) is 0. The molecule has 0 radical (unpaired) electrons. The molecule has 1 aliphatic rings. The molecule has 5 rings (SSSR count). The van der Waals surface area contributed by atoms with Crippen LogP contribution < -0.4 is 5.32 Å². The molecule has 4 aromatic rings. The number of imide groups is 1. The van der Waals surface area contributed by atoms with Crippen LogP contribution in [0.15, 0.2) is 78.9 Å². The van der Waals surface area contributed by atoms with Crippen molar-refractivity contribution in [1.29, 1.82) is 0 Å². The van der Waals surface area contributed by atoms with E-state index in [9.17, 15) is 14.4 Å². The van der Waals surface area contributed by atoms with Crippen molar-refractivity contribution in [3.05, 3.63) is 101 Å². The topological polar surface area (TPSA) is 84.3 Å². The summed E-state index contributed by atoms with van der Waals surface area (Å²) in [5, 5.41) is 2.87. The number of imidazole rings is 1. The maximum atomic E-state index is 13.0. The van der Waals surface area contributed by atoms with Crippen LogP contribution in [-0.4, -0.2) is 38.2 Å². The van der Waals surface area contributed by atoms with Crippen molar-refractivity contribution in [3.63, 3.8) is 0 Å². The third-order valence-corrected chi connectivity index (χ3v) is 6.21. The first-order chi connectivity index (χ1) is 16.5. The average Bonchev–Trinajstić information content (AvgIpc) is 3.35. The first-order valence-electron chi connectivity index (χ1n) is 11.3. The molecular formula is C27H24N4O3. The average molecular weight is 453 g/mol. The van der Waals surface area contributed by atoms with E-state index in [1.54, 1.807) is 31.2 Å². The quantitative estimate of drug-likeness (QED) is 0.435. The number of aryl methyl sites for hydroxylation is 2. The number of carbonyl (C=O) groups is 3. The van der Waals surface area contributed by atoms with E-state index in [-0.39, 0.29) is 6.54 Å². The number of nitrogens with zero attached hydrogens (tertiary/aromatic N) is 3. The third-order valence-electron chi connectivity index (χ3n) is 6.21. The lowest BCUT2D eigenvalue weighted by molar-refractivity contribution is -0.124. The van der Waals surface area contributed by atoms with Crippen molar-refractivity contribution in [1.82, 2.24) is 19.8 Å². The fourth-order valence-corrected chi connectivity index (χ4v) is 4.39. The Hall–Kier alpha value is -4.26. The number of aromatic nitrogens is 2. The molecule has 0 aliphatic carbocycles. The monoisotopic (exact) mass is 452 g/mol.